The highest BCUT2D eigenvalue weighted by Gasteiger charge is 2.17. The Morgan fingerprint density at radius 2 is 0.639 bits per heavy atom. The second-order valence-electron chi connectivity index (χ2n) is 15.7. The van der Waals surface area contributed by atoms with E-state index >= 15 is 0 Å². The lowest BCUT2D eigenvalue weighted by atomic mass is 9.88. The van der Waals surface area contributed by atoms with Crippen LogP contribution in [0, 0.1) is 0 Å². The van der Waals surface area contributed by atoms with Gasteiger partial charge in [-0.25, -0.2) is 0 Å². The van der Waals surface area contributed by atoms with E-state index in [9.17, 15) is 0 Å². The molecular formula is C60H41N. The average Bonchev–Trinajstić information content (AvgIpc) is 3.34. The highest BCUT2D eigenvalue weighted by Crippen LogP contribution is 2.42. The molecule has 0 atom stereocenters. The van der Waals surface area contributed by atoms with E-state index in [4.69, 9.17) is 0 Å². The van der Waals surface area contributed by atoms with Crippen molar-refractivity contribution in [1.82, 2.24) is 0 Å². The molecule has 0 unspecified atom stereocenters. The predicted octanol–water partition coefficient (Wildman–Crippen LogP) is 17.0. The summed E-state index contributed by atoms with van der Waals surface area (Å²) in [5.74, 6) is 0. The third kappa shape index (κ3) is 6.93. The topological polar surface area (TPSA) is 3.24 Å². The van der Waals surface area contributed by atoms with Crippen LogP contribution in [0.4, 0.5) is 17.1 Å². The lowest BCUT2D eigenvalue weighted by molar-refractivity contribution is 1.28. The van der Waals surface area contributed by atoms with Gasteiger partial charge in [0.05, 0.1) is 0 Å². The molecule has 61 heavy (non-hydrogen) atoms. The quantitative estimate of drug-likeness (QED) is 0.149. The summed E-state index contributed by atoms with van der Waals surface area (Å²) in [7, 11) is 0. The van der Waals surface area contributed by atoms with Crippen LogP contribution in [0.3, 0.4) is 0 Å². The lowest BCUT2D eigenvalue weighted by Crippen LogP contribution is -2.09. The molecule has 0 fully saturated rings. The standard InChI is InChI=1S/C60H41N/c1-2-12-42(13-3-1)44-26-33-52(34-27-44)61(53-35-28-45(29-36-53)50-25-24-43-14-4-5-17-49(43)40-50)54-37-30-48(31-38-54)60-41-51(57-22-10-18-46-15-6-8-20-55(46)57)32-39-59(60)58-23-11-19-47-16-7-9-21-56(47)58/h1-41H. The molecule has 0 aliphatic carbocycles. The minimum Gasteiger partial charge on any atom is -0.311 e. The summed E-state index contributed by atoms with van der Waals surface area (Å²) in [6, 6.07) is 90.5. The molecule has 0 spiro atoms. The van der Waals surface area contributed by atoms with E-state index in [1.807, 2.05) is 0 Å². The predicted molar refractivity (Wildman–Crippen MR) is 261 cm³/mol. The number of benzene rings is 11. The summed E-state index contributed by atoms with van der Waals surface area (Å²) in [4.78, 5) is 2.36. The zero-order valence-corrected chi connectivity index (χ0v) is 33.6. The van der Waals surface area contributed by atoms with Crippen molar-refractivity contribution in [2.45, 2.75) is 0 Å². The summed E-state index contributed by atoms with van der Waals surface area (Å²) < 4.78 is 0. The average molecular weight is 776 g/mol. The first-order valence-electron chi connectivity index (χ1n) is 21.0. The van der Waals surface area contributed by atoms with Crippen molar-refractivity contribution in [2.24, 2.45) is 0 Å². The Morgan fingerprint density at radius 3 is 1.28 bits per heavy atom. The maximum atomic E-state index is 2.39. The lowest BCUT2D eigenvalue weighted by Gasteiger charge is -2.26. The van der Waals surface area contributed by atoms with Crippen molar-refractivity contribution >= 4 is 49.4 Å². The fourth-order valence-corrected chi connectivity index (χ4v) is 8.97. The van der Waals surface area contributed by atoms with Crippen LogP contribution in [-0.4, -0.2) is 0 Å². The second kappa shape index (κ2) is 15.6. The van der Waals surface area contributed by atoms with Gasteiger partial charge in [-0.15, -0.1) is 0 Å². The van der Waals surface area contributed by atoms with E-state index in [-0.39, 0.29) is 0 Å². The van der Waals surface area contributed by atoms with Crippen molar-refractivity contribution in [2.75, 3.05) is 4.90 Å². The van der Waals surface area contributed by atoms with Gasteiger partial charge in [0.1, 0.15) is 0 Å². The molecule has 0 saturated heterocycles. The fraction of sp³-hybridized carbons (Fsp3) is 0. The highest BCUT2D eigenvalue weighted by molar-refractivity contribution is 6.03. The van der Waals surface area contributed by atoms with Gasteiger partial charge in [0.15, 0.2) is 0 Å². The van der Waals surface area contributed by atoms with Gasteiger partial charge in [0.25, 0.3) is 0 Å². The molecule has 11 aromatic rings. The molecule has 1 nitrogen and oxygen atoms in total. The van der Waals surface area contributed by atoms with Crippen LogP contribution in [0.25, 0.3) is 88.0 Å². The molecule has 11 aromatic carbocycles. The molecule has 0 amide bonds. The summed E-state index contributed by atoms with van der Waals surface area (Å²) in [5.41, 5.74) is 15.3. The Bertz CT molecular complexity index is 3320. The maximum absolute atomic E-state index is 2.39. The number of nitrogens with zero attached hydrogens (tertiary/aromatic N) is 1. The maximum Gasteiger partial charge on any atom is 0.0462 e. The molecule has 0 radical (unpaired) electrons. The molecule has 286 valence electrons. The minimum atomic E-state index is 1.09. The van der Waals surface area contributed by atoms with Crippen LogP contribution in [0.2, 0.25) is 0 Å². The van der Waals surface area contributed by atoms with Crippen LogP contribution < -0.4 is 4.90 Å². The number of anilines is 3. The van der Waals surface area contributed by atoms with Gasteiger partial charge in [-0.2, -0.15) is 0 Å². The molecule has 0 aromatic heterocycles. The third-order valence-corrected chi connectivity index (χ3v) is 12.1. The van der Waals surface area contributed by atoms with Gasteiger partial charge in [-0.05, 0) is 136 Å². The summed E-state index contributed by atoms with van der Waals surface area (Å²) in [6.45, 7) is 0. The first kappa shape index (κ1) is 36.1. The Kier molecular flexibility index (Phi) is 9.26. The second-order valence-corrected chi connectivity index (χ2v) is 15.7. The molecule has 0 aliphatic rings. The van der Waals surface area contributed by atoms with E-state index in [0.29, 0.717) is 0 Å². The van der Waals surface area contributed by atoms with E-state index in [2.05, 4.69) is 254 Å². The van der Waals surface area contributed by atoms with Crippen LogP contribution in [0.1, 0.15) is 0 Å². The Labute approximate surface area is 357 Å². The summed E-state index contributed by atoms with van der Waals surface area (Å²) >= 11 is 0. The van der Waals surface area contributed by atoms with Crippen molar-refractivity contribution < 1.29 is 0 Å². The van der Waals surface area contributed by atoms with E-state index in [1.165, 1.54) is 88.0 Å². The monoisotopic (exact) mass is 775 g/mol. The molecule has 0 bridgehead atoms. The Morgan fingerprint density at radius 1 is 0.197 bits per heavy atom. The van der Waals surface area contributed by atoms with Gasteiger partial charge < -0.3 is 4.90 Å². The van der Waals surface area contributed by atoms with Gasteiger partial charge in [-0.1, -0.05) is 200 Å². The van der Waals surface area contributed by atoms with Crippen molar-refractivity contribution in [3.63, 3.8) is 0 Å². The summed E-state index contributed by atoms with van der Waals surface area (Å²) in [5, 5.41) is 7.48. The van der Waals surface area contributed by atoms with E-state index < -0.39 is 0 Å². The smallest absolute Gasteiger partial charge is 0.0462 e. The fourth-order valence-electron chi connectivity index (χ4n) is 8.97. The van der Waals surface area contributed by atoms with Crippen LogP contribution in [0.15, 0.2) is 249 Å². The number of rotatable bonds is 8. The van der Waals surface area contributed by atoms with Gasteiger partial charge in [-0.3, -0.25) is 0 Å². The van der Waals surface area contributed by atoms with Gasteiger partial charge in [0.2, 0.25) is 0 Å². The number of hydrogen-bond acceptors (Lipinski definition) is 1. The number of fused-ring (bicyclic) bond motifs is 3. The zero-order chi connectivity index (χ0) is 40.5. The highest BCUT2D eigenvalue weighted by atomic mass is 15.1. The zero-order valence-electron chi connectivity index (χ0n) is 33.6. The van der Waals surface area contributed by atoms with Crippen molar-refractivity contribution in [1.29, 1.82) is 0 Å². The van der Waals surface area contributed by atoms with Gasteiger partial charge in [0, 0.05) is 17.1 Å². The minimum absolute atomic E-state index is 1.09. The van der Waals surface area contributed by atoms with Crippen LogP contribution >= 0.6 is 0 Å². The first-order valence-corrected chi connectivity index (χ1v) is 21.0. The largest absolute Gasteiger partial charge is 0.311 e. The molecule has 11 rings (SSSR count). The van der Waals surface area contributed by atoms with Crippen LogP contribution in [0.5, 0.6) is 0 Å². The molecule has 0 aliphatic heterocycles. The molecular weight excluding hydrogens is 735 g/mol. The van der Waals surface area contributed by atoms with Crippen molar-refractivity contribution in [3.05, 3.63) is 249 Å². The molecule has 0 saturated carbocycles. The van der Waals surface area contributed by atoms with E-state index in [1.54, 1.807) is 0 Å². The molecule has 1 heteroatoms. The molecule has 0 N–H and O–H groups in total. The van der Waals surface area contributed by atoms with Crippen molar-refractivity contribution in [3.8, 4) is 55.6 Å². The van der Waals surface area contributed by atoms with E-state index in [0.717, 1.165) is 17.1 Å². The number of hydrogen-bond donors (Lipinski definition) is 0. The molecule has 0 heterocycles. The third-order valence-electron chi connectivity index (χ3n) is 12.1. The summed E-state index contributed by atoms with van der Waals surface area (Å²) in [6.07, 6.45) is 0. The Hall–Kier alpha value is -8.00. The SMILES string of the molecule is c1ccc(-c2ccc(N(c3ccc(-c4ccc5ccccc5c4)cc3)c3ccc(-c4cc(-c5cccc6ccccc56)ccc4-c4cccc5ccccc45)cc3)cc2)cc1. The first-order chi connectivity index (χ1) is 30.2. The normalized spacial score (nSPS) is 11.3. The van der Waals surface area contributed by atoms with Gasteiger partial charge >= 0.3 is 0 Å². The Balaban J connectivity index is 1.03. The van der Waals surface area contributed by atoms with Crippen LogP contribution in [-0.2, 0) is 0 Å².